The van der Waals surface area contributed by atoms with Crippen LogP contribution in [0.4, 0.5) is 13.2 Å². The predicted molar refractivity (Wildman–Crippen MR) is 102 cm³/mol. The summed E-state index contributed by atoms with van der Waals surface area (Å²) in [6, 6.07) is 8.80. The van der Waals surface area contributed by atoms with E-state index in [9.17, 15) is 26.4 Å². The monoisotopic (exact) mass is 429 g/mol. The highest BCUT2D eigenvalue weighted by Gasteiger charge is 2.31. The van der Waals surface area contributed by atoms with Crippen LogP contribution in [0.1, 0.15) is 49.9 Å². The van der Waals surface area contributed by atoms with Crippen LogP contribution in [0, 0.1) is 0 Å². The lowest BCUT2D eigenvalue weighted by Gasteiger charge is -2.22. The van der Waals surface area contributed by atoms with Gasteiger partial charge >= 0.3 is 12.1 Å². The number of alkyl halides is 3. The van der Waals surface area contributed by atoms with E-state index in [-0.39, 0.29) is 10.3 Å². The van der Waals surface area contributed by atoms with Gasteiger partial charge in [-0.05, 0) is 40.8 Å². The Morgan fingerprint density at radius 2 is 1.45 bits per heavy atom. The summed E-state index contributed by atoms with van der Waals surface area (Å²) in [6.45, 7) is 6.01. The van der Waals surface area contributed by atoms with Crippen LogP contribution in [0.3, 0.4) is 0 Å². The van der Waals surface area contributed by atoms with Gasteiger partial charge in [0.05, 0.1) is 22.9 Å². The summed E-state index contributed by atoms with van der Waals surface area (Å²) in [6.07, 6.45) is -5.11. The molecule has 0 amide bonds. The highest BCUT2D eigenvalue weighted by molar-refractivity contribution is 7.89. The molecule has 158 valence electrons. The van der Waals surface area contributed by atoms with Gasteiger partial charge in [-0.25, -0.2) is 13.1 Å². The van der Waals surface area contributed by atoms with Gasteiger partial charge < -0.3 is 5.11 Å². The zero-order chi connectivity index (χ0) is 22.0. The second-order valence-electron chi connectivity index (χ2n) is 7.67. The maximum atomic E-state index is 12.7. The van der Waals surface area contributed by atoms with Gasteiger partial charge in [0.25, 0.3) is 0 Å². The van der Waals surface area contributed by atoms with Gasteiger partial charge in [-0.15, -0.1) is 0 Å². The minimum Gasteiger partial charge on any atom is -0.481 e. The van der Waals surface area contributed by atoms with Crippen LogP contribution in [-0.4, -0.2) is 19.5 Å². The Balaban J connectivity index is 2.32. The summed E-state index contributed by atoms with van der Waals surface area (Å²) >= 11 is 0. The van der Waals surface area contributed by atoms with Crippen LogP contribution in [0.5, 0.6) is 0 Å². The molecule has 0 saturated carbocycles. The molecule has 1 atom stereocenters. The molecule has 5 nitrogen and oxygen atoms in total. The molecule has 9 heteroatoms. The molecular formula is C20H22F3NO4S. The lowest BCUT2D eigenvalue weighted by Crippen LogP contribution is -2.30. The number of carboxylic acids is 1. The second kappa shape index (κ2) is 8.16. The Kier molecular flexibility index (Phi) is 6.44. The summed E-state index contributed by atoms with van der Waals surface area (Å²) in [5.41, 5.74) is 0.314. The van der Waals surface area contributed by atoms with E-state index in [4.69, 9.17) is 5.11 Å². The van der Waals surface area contributed by atoms with E-state index in [0.717, 1.165) is 17.7 Å². The summed E-state index contributed by atoms with van der Waals surface area (Å²) < 4.78 is 65.5. The van der Waals surface area contributed by atoms with Crippen molar-refractivity contribution in [1.82, 2.24) is 4.72 Å². The SMILES string of the molecule is CC(C)(C)c1ccc(C(CC(=O)O)NS(=O)(=O)c2ccc(C(F)(F)F)cc2)cc1. The Labute approximate surface area is 167 Å². The molecule has 0 saturated heterocycles. The summed E-state index contributed by atoms with van der Waals surface area (Å²) in [4.78, 5) is 10.8. The standard InChI is InChI=1S/C20H22F3NO4S/c1-19(2,3)14-6-4-13(5-7-14)17(12-18(25)26)24-29(27,28)16-10-8-15(9-11-16)20(21,22)23/h4-11,17,24H,12H2,1-3H3,(H,25,26). The first kappa shape index (κ1) is 22.9. The minimum absolute atomic E-state index is 0.138. The molecule has 2 aromatic carbocycles. The fourth-order valence-corrected chi connectivity index (χ4v) is 3.92. The number of sulfonamides is 1. The molecule has 0 heterocycles. The molecule has 0 spiro atoms. The van der Waals surface area contributed by atoms with E-state index in [1.54, 1.807) is 24.3 Å². The molecule has 0 radical (unpaired) electrons. The molecule has 0 aromatic heterocycles. The molecule has 2 aromatic rings. The van der Waals surface area contributed by atoms with Gasteiger partial charge in [0.1, 0.15) is 0 Å². The van der Waals surface area contributed by atoms with Crippen molar-refractivity contribution in [3.63, 3.8) is 0 Å². The number of halogens is 3. The number of benzene rings is 2. The van der Waals surface area contributed by atoms with Gasteiger partial charge in [0.2, 0.25) is 10.0 Å². The van der Waals surface area contributed by atoms with Crippen LogP contribution < -0.4 is 4.72 Å². The number of aliphatic carboxylic acids is 1. The van der Waals surface area contributed by atoms with Crippen molar-refractivity contribution >= 4 is 16.0 Å². The third-order valence-corrected chi connectivity index (χ3v) is 5.83. The average Bonchev–Trinajstić information content (AvgIpc) is 2.59. The van der Waals surface area contributed by atoms with Crippen LogP contribution in [0.25, 0.3) is 0 Å². The fraction of sp³-hybridized carbons (Fsp3) is 0.350. The molecule has 2 rings (SSSR count). The Bertz CT molecular complexity index is 961. The molecule has 1 unspecified atom stereocenters. The number of hydrogen-bond donors (Lipinski definition) is 2. The van der Waals surface area contributed by atoms with Crippen LogP contribution in [0.15, 0.2) is 53.4 Å². The highest BCUT2D eigenvalue weighted by Crippen LogP contribution is 2.30. The first-order valence-electron chi connectivity index (χ1n) is 8.72. The first-order chi connectivity index (χ1) is 13.2. The molecule has 0 aliphatic rings. The molecule has 0 aliphatic carbocycles. The molecular weight excluding hydrogens is 407 g/mol. The van der Waals surface area contributed by atoms with Crippen molar-refractivity contribution in [3.05, 3.63) is 65.2 Å². The van der Waals surface area contributed by atoms with Gasteiger partial charge in [-0.1, -0.05) is 45.0 Å². The van der Waals surface area contributed by atoms with Crippen molar-refractivity contribution in [2.45, 2.75) is 49.7 Å². The summed E-state index contributed by atoms with van der Waals surface area (Å²) in [5.74, 6) is -1.22. The second-order valence-corrected chi connectivity index (χ2v) is 9.38. The maximum absolute atomic E-state index is 12.7. The number of carboxylic acid groups (broad SMARTS) is 1. The van der Waals surface area contributed by atoms with Crippen LogP contribution in [0.2, 0.25) is 0 Å². The normalized spacial score (nSPS) is 13.9. The smallest absolute Gasteiger partial charge is 0.416 e. The van der Waals surface area contributed by atoms with Crippen molar-refractivity contribution in [1.29, 1.82) is 0 Å². The molecule has 0 fully saturated rings. The van der Waals surface area contributed by atoms with E-state index in [1.807, 2.05) is 20.8 Å². The van der Waals surface area contributed by atoms with Crippen LogP contribution >= 0.6 is 0 Å². The van der Waals surface area contributed by atoms with Gasteiger partial charge in [0, 0.05) is 0 Å². The van der Waals surface area contributed by atoms with E-state index in [2.05, 4.69) is 4.72 Å². The van der Waals surface area contributed by atoms with Gasteiger partial charge in [0.15, 0.2) is 0 Å². The number of rotatable bonds is 6. The van der Waals surface area contributed by atoms with Gasteiger partial charge in [-0.2, -0.15) is 13.2 Å². The van der Waals surface area contributed by atoms with Crippen LogP contribution in [-0.2, 0) is 26.4 Å². The zero-order valence-electron chi connectivity index (χ0n) is 16.1. The third-order valence-electron chi connectivity index (χ3n) is 4.35. The first-order valence-corrected chi connectivity index (χ1v) is 10.2. The zero-order valence-corrected chi connectivity index (χ0v) is 16.9. The van der Waals surface area contributed by atoms with Crippen molar-refractivity contribution in [3.8, 4) is 0 Å². The van der Waals surface area contributed by atoms with E-state index >= 15 is 0 Å². The number of nitrogens with one attached hydrogen (secondary N) is 1. The highest BCUT2D eigenvalue weighted by atomic mass is 32.2. The van der Waals surface area contributed by atoms with Crippen molar-refractivity contribution in [2.75, 3.05) is 0 Å². The fourth-order valence-electron chi connectivity index (χ4n) is 2.70. The molecule has 29 heavy (non-hydrogen) atoms. The lowest BCUT2D eigenvalue weighted by molar-refractivity contribution is -0.138. The molecule has 2 N–H and O–H groups in total. The summed E-state index contributed by atoms with van der Waals surface area (Å²) in [7, 11) is -4.23. The topological polar surface area (TPSA) is 83.5 Å². The minimum atomic E-state index is -4.59. The lowest BCUT2D eigenvalue weighted by atomic mass is 9.86. The Morgan fingerprint density at radius 3 is 1.86 bits per heavy atom. The number of hydrogen-bond acceptors (Lipinski definition) is 3. The van der Waals surface area contributed by atoms with Gasteiger partial charge in [-0.3, -0.25) is 4.79 Å². The van der Waals surface area contributed by atoms with E-state index in [0.29, 0.717) is 17.7 Å². The largest absolute Gasteiger partial charge is 0.481 e. The predicted octanol–water partition coefficient (Wildman–Crippen LogP) is 4.50. The Morgan fingerprint density at radius 1 is 0.966 bits per heavy atom. The van der Waals surface area contributed by atoms with Crippen molar-refractivity contribution in [2.24, 2.45) is 0 Å². The Hall–Kier alpha value is -2.39. The van der Waals surface area contributed by atoms with Crippen molar-refractivity contribution < 1.29 is 31.5 Å². The summed E-state index contributed by atoms with van der Waals surface area (Å²) in [5, 5.41) is 9.16. The third kappa shape index (κ3) is 6.04. The number of carbonyl (C=O) groups is 1. The molecule has 0 bridgehead atoms. The average molecular weight is 429 g/mol. The van der Waals surface area contributed by atoms with E-state index in [1.165, 1.54) is 0 Å². The maximum Gasteiger partial charge on any atom is 0.416 e. The quantitative estimate of drug-likeness (QED) is 0.708. The molecule has 0 aliphatic heterocycles. The van der Waals surface area contributed by atoms with E-state index < -0.39 is 40.2 Å².